The van der Waals surface area contributed by atoms with Gasteiger partial charge in [-0.1, -0.05) is 36.4 Å². The number of pyridine rings is 1. The molecule has 2 heterocycles. The molecule has 0 aliphatic rings. The predicted molar refractivity (Wildman–Crippen MR) is 108 cm³/mol. The number of benzene rings is 1. The first kappa shape index (κ1) is 18.6. The Balaban J connectivity index is 2.04. The summed E-state index contributed by atoms with van der Waals surface area (Å²) in [6, 6.07) is 15.8. The zero-order valence-electron chi connectivity index (χ0n) is 15.4. The number of aliphatic hydroxyl groups is 1. The van der Waals surface area contributed by atoms with Gasteiger partial charge in [-0.2, -0.15) is 0 Å². The van der Waals surface area contributed by atoms with Crippen molar-refractivity contribution >= 4 is 23.1 Å². The molecule has 0 unspecified atom stereocenters. The summed E-state index contributed by atoms with van der Waals surface area (Å²) in [7, 11) is 0. The number of likely N-dealkylation sites (N-methyl/N-ethyl adjacent to an activating group) is 1. The van der Waals surface area contributed by atoms with E-state index in [1.807, 2.05) is 53.1 Å². The minimum atomic E-state index is 0.0284. The zero-order valence-corrected chi connectivity index (χ0v) is 15.4. The number of aliphatic hydroxyl groups excluding tert-OH is 1. The summed E-state index contributed by atoms with van der Waals surface area (Å²) in [5.74, 6) is 1.97. The molecule has 0 amide bonds. The highest BCUT2D eigenvalue weighted by Gasteiger charge is 2.20. The highest BCUT2D eigenvalue weighted by molar-refractivity contribution is 5.79. The summed E-state index contributed by atoms with van der Waals surface area (Å²) >= 11 is 0. The van der Waals surface area contributed by atoms with Crippen LogP contribution < -0.4 is 15.5 Å². The van der Waals surface area contributed by atoms with Crippen LogP contribution in [0.5, 0.6) is 0 Å². The van der Waals surface area contributed by atoms with E-state index in [2.05, 4.69) is 27.1 Å². The van der Waals surface area contributed by atoms with Gasteiger partial charge in [-0.3, -0.25) is 0 Å². The Labute approximate surface area is 159 Å². The van der Waals surface area contributed by atoms with Crippen LogP contribution in [0.4, 0.5) is 23.1 Å². The Morgan fingerprint density at radius 1 is 0.963 bits per heavy atom. The van der Waals surface area contributed by atoms with Gasteiger partial charge < -0.3 is 20.6 Å². The molecule has 0 saturated heterocycles. The monoisotopic (exact) mass is 364 g/mol. The third-order valence-electron chi connectivity index (χ3n) is 4.26. The van der Waals surface area contributed by atoms with E-state index in [-0.39, 0.29) is 6.61 Å². The zero-order chi connectivity index (χ0) is 19.1. The van der Waals surface area contributed by atoms with Gasteiger partial charge in [0.15, 0.2) is 11.6 Å². The minimum absolute atomic E-state index is 0.0284. The van der Waals surface area contributed by atoms with E-state index >= 15 is 0 Å². The van der Waals surface area contributed by atoms with E-state index in [0.29, 0.717) is 37.0 Å². The second-order valence-electron chi connectivity index (χ2n) is 6.00. The molecule has 1 aromatic carbocycles. The second kappa shape index (κ2) is 8.95. The summed E-state index contributed by atoms with van der Waals surface area (Å²) in [6.07, 6.45) is 3.25. The van der Waals surface area contributed by atoms with Crippen LogP contribution in [0.2, 0.25) is 0 Å². The number of rotatable bonds is 8. The summed E-state index contributed by atoms with van der Waals surface area (Å²) in [4.78, 5) is 17.2. The average molecular weight is 364 g/mol. The fourth-order valence-corrected chi connectivity index (χ4v) is 2.92. The lowest BCUT2D eigenvalue weighted by molar-refractivity contribution is 0.302. The fraction of sp³-hybridized carbons (Fsp3) is 0.250. The molecule has 7 heteroatoms. The summed E-state index contributed by atoms with van der Waals surface area (Å²) < 4.78 is 0. The number of hydrogen-bond donors (Lipinski definition) is 2. The van der Waals surface area contributed by atoms with E-state index in [1.54, 1.807) is 6.20 Å². The molecule has 0 saturated carbocycles. The van der Waals surface area contributed by atoms with Gasteiger partial charge in [-0.25, -0.2) is 15.0 Å². The van der Waals surface area contributed by atoms with Crippen LogP contribution in [-0.2, 0) is 6.54 Å². The first-order valence-electron chi connectivity index (χ1n) is 8.93. The molecule has 140 valence electrons. The lowest BCUT2D eigenvalue weighted by Crippen LogP contribution is -2.29. The number of hydrogen-bond acceptors (Lipinski definition) is 7. The van der Waals surface area contributed by atoms with Gasteiger partial charge in [0, 0.05) is 19.3 Å². The number of nitrogen functional groups attached to an aromatic ring is 1. The standard InChI is InChI=1S/C20H24N6O/c1-2-25(12-13-27)19-18(21)20(24-15-23-19)26(17-10-6-7-11-22-17)14-16-8-4-3-5-9-16/h3-11,15,27H,2,12-14,21H2,1H3. The quantitative estimate of drug-likeness (QED) is 0.635. The molecule has 2 aromatic heterocycles. The van der Waals surface area contributed by atoms with Gasteiger partial charge in [0.2, 0.25) is 0 Å². The van der Waals surface area contributed by atoms with Gasteiger partial charge in [0.1, 0.15) is 17.8 Å². The van der Waals surface area contributed by atoms with Crippen molar-refractivity contribution in [1.29, 1.82) is 0 Å². The normalized spacial score (nSPS) is 10.6. The maximum atomic E-state index is 9.33. The van der Waals surface area contributed by atoms with Crippen LogP contribution in [0.3, 0.4) is 0 Å². The molecule has 0 fully saturated rings. The van der Waals surface area contributed by atoms with Crippen LogP contribution in [-0.4, -0.2) is 39.8 Å². The van der Waals surface area contributed by atoms with E-state index in [1.165, 1.54) is 6.33 Å². The van der Waals surface area contributed by atoms with Crippen LogP contribution >= 0.6 is 0 Å². The molecule has 3 aromatic rings. The molecule has 3 N–H and O–H groups in total. The molecular formula is C20H24N6O. The van der Waals surface area contributed by atoms with Gasteiger partial charge in [0.25, 0.3) is 0 Å². The summed E-state index contributed by atoms with van der Waals surface area (Å²) in [5.41, 5.74) is 8.05. The Morgan fingerprint density at radius 2 is 1.70 bits per heavy atom. The van der Waals surface area contributed by atoms with Crippen molar-refractivity contribution in [2.75, 3.05) is 35.2 Å². The summed E-state index contributed by atoms with van der Waals surface area (Å²) in [6.45, 7) is 3.74. The Hall–Kier alpha value is -3.19. The van der Waals surface area contributed by atoms with Crippen LogP contribution in [0.25, 0.3) is 0 Å². The predicted octanol–water partition coefficient (Wildman–Crippen LogP) is 2.61. The average Bonchev–Trinajstić information content (AvgIpc) is 2.72. The topological polar surface area (TPSA) is 91.4 Å². The van der Waals surface area contributed by atoms with E-state index in [4.69, 9.17) is 5.73 Å². The van der Waals surface area contributed by atoms with Crippen LogP contribution in [0.15, 0.2) is 61.1 Å². The number of nitrogens with two attached hydrogens (primary N) is 1. The minimum Gasteiger partial charge on any atom is -0.395 e. The maximum Gasteiger partial charge on any atom is 0.163 e. The molecule has 0 radical (unpaired) electrons. The highest BCUT2D eigenvalue weighted by atomic mass is 16.3. The number of anilines is 4. The molecule has 7 nitrogen and oxygen atoms in total. The van der Waals surface area contributed by atoms with Crippen LogP contribution in [0, 0.1) is 0 Å². The van der Waals surface area contributed by atoms with Crippen molar-refractivity contribution < 1.29 is 5.11 Å². The van der Waals surface area contributed by atoms with E-state index in [0.717, 1.165) is 11.4 Å². The number of aromatic nitrogens is 3. The highest BCUT2D eigenvalue weighted by Crippen LogP contribution is 2.33. The molecule has 0 bridgehead atoms. The Bertz CT molecular complexity index is 844. The molecule has 3 rings (SSSR count). The first-order valence-corrected chi connectivity index (χ1v) is 8.93. The van der Waals surface area contributed by atoms with Crippen molar-refractivity contribution in [2.24, 2.45) is 0 Å². The largest absolute Gasteiger partial charge is 0.395 e. The van der Waals surface area contributed by atoms with Crippen molar-refractivity contribution in [3.05, 3.63) is 66.6 Å². The lowest BCUT2D eigenvalue weighted by Gasteiger charge is -2.27. The molecule has 0 atom stereocenters. The van der Waals surface area contributed by atoms with Gasteiger partial charge >= 0.3 is 0 Å². The van der Waals surface area contributed by atoms with E-state index in [9.17, 15) is 5.11 Å². The Morgan fingerprint density at radius 3 is 2.37 bits per heavy atom. The third kappa shape index (κ3) is 4.32. The SMILES string of the molecule is CCN(CCO)c1ncnc(N(Cc2ccccc2)c2ccccn2)c1N. The van der Waals surface area contributed by atoms with Crippen molar-refractivity contribution in [2.45, 2.75) is 13.5 Å². The maximum absolute atomic E-state index is 9.33. The first-order chi connectivity index (χ1) is 13.2. The second-order valence-corrected chi connectivity index (χ2v) is 6.00. The van der Waals surface area contributed by atoms with Gasteiger partial charge in [0.05, 0.1) is 13.2 Å². The summed E-state index contributed by atoms with van der Waals surface area (Å²) in [5, 5.41) is 9.33. The molecule has 0 aliphatic carbocycles. The van der Waals surface area contributed by atoms with Crippen molar-refractivity contribution in [3.8, 4) is 0 Å². The molecule has 0 spiro atoms. The number of nitrogens with zero attached hydrogens (tertiary/aromatic N) is 5. The van der Waals surface area contributed by atoms with E-state index < -0.39 is 0 Å². The molecule has 0 aliphatic heterocycles. The van der Waals surface area contributed by atoms with Gasteiger partial charge in [-0.05, 0) is 24.6 Å². The lowest BCUT2D eigenvalue weighted by atomic mass is 10.2. The fourth-order valence-electron chi connectivity index (χ4n) is 2.92. The smallest absolute Gasteiger partial charge is 0.163 e. The third-order valence-corrected chi connectivity index (χ3v) is 4.26. The Kier molecular flexibility index (Phi) is 6.17. The molecule has 27 heavy (non-hydrogen) atoms. The molecular weight excluding hydrogens is 340 g/mol. The van der Waals surface area contributed by atoms with Gasteiger partial charge in [-0.15, -0.1) is 0 Å². The van der Waals surface area contributed by atoms with Crippen LogP contribution in [0.1, 0.15) is 12.5 Å². The van der Waals surface area contributed by atoms with Crippen molar-refractivity contribution in [1.82, 2.24) is 15.0 Å². The van der Waals surface area contributed by atoms with Crippen molar-refractivity contribution in [3.63, 3.8) is 0 Å².